The van der Waals surface area contributed by atoms with Gasteiger partial charge in [-0.3, -0.25) is 9.69 Å². The van der Waals surface area contributed by atoms with E-state index in [4.69, 9.17) is 9.47 Å². The molecule has 2 rings (SSSR count). The Morgan fingerprint density at radius 1 is 1.50 bits per heavy atom. The van der Waals surface area contributed by atoms with Crippen LogP contribution in [0.25, 0.3) is 0 Å². The van der Waals surface area contributed by atoms with E-state index in [9.17, 15) is 4.79 Å². The van der Waals surface area contributed by atoms with Gasteiger partial charge in [0.25, 0.3) is 0 Å². The van der Waals surface area contributed by atoms with Crippen LogP contribution < -0.4 is 5.32 Å². The van der Waals surface area contributed by atoms with E-state index in [2.05, 4.69) is 17.1 Å². The first-order chi connectivity index (χ1) is 9.63. The predicted octanol–water partition coefficient (Wildman–Crippen LogP) is 1.17. The van der Waals surface area contributed by atoms with Crippen molar-refractivity contribution in [1.29, 1.82) is 0 Å². The monoisotopic (exact) mass is 284 g/mol. The van der Waals surface area contributed by atoms with Crippen LogP contribution in [0, 0.1) is 0 Å². The molecule has 1 N–H and O–H groups in total. The van der Waals surface area contributed by atoms with E-state index in [1.54, 1.807) is 0 Å². The van der Waals surface area contributed by atoms with Crippen molar-refractivity contribution < 1.29 is 14.3 Å². The Bertz CT molecular complexity index is 337. The normalized spacial score (nSPS) is 35.1. The van der Waals surface area contributed by atoms with Crippen molar-refractivity contribution in [3.05, 3.63) is 0 Å². The van der Waals surface area contributed by atoms with Gasteiger partial charge in [-0.25, -0.2) is 0 Å². The zero-order valence-corrected chi connectivity index (χ0v) is 13.0. The number of esters is 1. The highest BCUT2D eigenvalue weighted by atomic mass is 16.5. The minimum Gasteiger partial charge on any atom is -0.465 e. The van der Waals surface area contributed by atoms with E-state index < -0.39 is 5.54 Å². The largest absolute Gasteiger partial charge is 0.465 e. The predicted molar refractivity (Wildman–Crippen MR) is 77.7 cm³/mol. The molecule has 20 heavy (non-hydrogen) atoms. The maximum Gasteiger partial charge on any atom is 0.326 e. The van der Waals surface area contributed by atoms with Crippen LogP contribution in [0.1, 0.15) is 40.0 Å². The topological polar surface area (TPSA) is 50.8 Å². The fourth-order valence-corrected chi connectivity index (χ4v) is 3.61. The molecule has 0 spiro atoms. The molecule has 3 unspecified atom stereocenters. The Morgan fingerprint density at radius 2 is 2.30 bits per heavy atom. The molecule has 116 valence electrons. The van der Waals surface area contributed by atoms with Crippen LogP contribution in [0.4, 0.5) is 0 Å². The van der Waals surface area contributed by atoms with Crippen molar-refractivity contribution in [2.45, 2.75) is 57.7 Å². The number of nitrogens with zero attached hydrogens (tertiary/aromatic N) is 1. The zero-order chi connectivity index (χ0) is 14.6. The maximum absolute atomic E-state index is 12.3. The standard InChI is InChI=1S/C15H28N2O3/c1-4-16-15(14(18)20-5-2)7-6-13(10-15)17-8-9-19-11-12(17)3/h12-13,16H,4-11H2,1-3H3. The lowest BCUT2D eigenvalue weighted by molar-refractivity contribution is -0.151. The Morgan fingerprint density at radius 3 is 2.95 bits per heavy atom. The van der Waals surface area contributed by atoms with Gasteiger partial charge in [0.2, 0.25) is 0 Å². The summed E-state index contributed by atoms with van der Waals surface area (Å²) < 4.78 is 10.8. The van der Waals surface area contributed by atoms with E-state index in [1.165, 1.54) is 0 Å². The van der Waals surface area contributed by atoms with Crippen LogP contribution in [-0.4, -0.2) is 61.4 Å². The summed E-state index contributed by atoms with van der Waals surface area (Å²) in [7, 11) is 0. The number of likely N-dealkylation sites (N-methyl/N-ethyl adjacent to an activating group) is 1. The van der Waals surface area contributed by atoms with Crippen molar-refractivity contribution in [2.75, 3.05) is 32.9 Å². The second-order valence-electron chi connectivity index (χ2n) is 5.89. The van der Waals surface area contributed by atoms with E-state index in [0.717, 1.165) is 45.6 Å². The quantitative estimate of drug-likeness (QED) is 0.768. The summed E-state index contributed by atoms with van der Waals surface area (Å²) in [5.41, 5.74) is -0.479. The molecule has 0 aromatic rings. The number of carbonyl (C=O) groups excluding carboxylic acids is 1. The molecule has 0 radical (unpaired) electrons. The summed E-state index contributed by atoms with van der Waals surface area (Å²) >= 11 is 0. The molecule has 1 aliphatic heterocycles. The first kappa shape index (κ1) is 15.7. The Hall–Kier alpha value is -0.650. The number of ether oxygens (including phenoxy) is 2. The summed E-state index contributed by atoms with van der Waals surface area (Å²) in [6.45, 7) is 9.93. The SMILES string of the molecule is CCNC1(C(=O)OCC)CCC(N2CCOCC2C)C1. The van der Waals surface area contributed by atoms with Gasteiger partial charge in [-0.1, -0.05) is 6.92 Å². The first-order valence-electron chi connectivity index (χ1n) is 7.88. The molecule has 1 saturated heterocycles. The number of morpholine rings is 1. The summed E-state index contributed by atoms with van der Waals surface area (Å²) in [4.78, 5) is 14.8. The van der Waals surface area contributed by atoms with Crippen molar-refractivity contribution in [2.24, 2.45) is 0 Å². The highest BCUT2D eigenvalue weighted by Crippen LogP contribution is 2.35. The van der Waals surface area contributed by atoms with E-state index in [1.807, 2.05) is 13.8 Å². The average Bonchev–Trinajstić information content (AvgIpc) is 2.85. The maximum atomic E-state index is 12.3. The molecular formula is C15H28N2O3. The number of hydrogen-bond donors (Lipinski definition) is 1. The van der Waals surface area contributed by atoms with Crippen LogP contribution in [-0.2, 0) is 14.3 Å². The molecule has 2 fully saturated rings. The van der Waals surface area contributed by atoms with Gasteiger partial charge in [-0.2, -0.15) is 0 Å². The summed E-state index contributed by atoms with van der Waals surface area (Å²) in [5, 5.41) is 3.39. The highest BCUT2D eigenvalue weighted by molar-refractivity contribution is 5.81. The third-order valence-corrected chi connectivity index (χ3v) is 4.56. The van der Waals surface area contributed by atoms with Crippen LogP contribution in [0.5, 0.6) is 0 Å². The molecule has 1 aliphatic carbocycles. The average molecular weight is 284 g/mol. The van der Waals surface area contributed by atoms with Gasteiger partial charge in [-0.05, 0) is 39.7 Å². The first-order valence-corrected chi connectivity index (χ1v) is 7.88. The number of rotatable bonds is 5. The van der Waals surface area contributed by atoms with Gasteiger partial charge >= 0.3 is 5.97 Å². The molecule has 5 nitrogen and oxygen atoms in total. The van der Waals surface area contributed by atoms with Crippen molar-refractivity contribution in [3.63, 3.8) is 0 Å². The van der Waals surface area contributed by atoms with Gasteiger partial charge < -0.3 is 14.8 Å². The van der Waals surface area contributed by atoms with Gasteiger partial charge in [-0.15, -0.1) is 0 Å². The van der Waals surface area contributed by atoms with Crippen LogP contribution in [0.3, 0.4) is 0 Å². The second-order valence-corrected chi connectivity index (χ2v) is 5.89. The third kappa shape index (κ3) is 3.15. The van der Waals surface area contributed by atoms with E-state index >= 15 is 0 Å². The van der Waals surface area contributed by atoms with Gasteiger partial charge in [0.05, 0.1) is 19.8 Å². The molecule has 0 aromatic carbocycles. The molecule has 0 amide bonds. The Kier molecular flexibility index (Phi) is 5.41. The molecule has 1 saturated carbocycles. The van der Waals surface area contributed by atoms with E-state index in [-0.39, 0.29) is 5.97 Å². The lowest BCUT2D eigenvalue weighted by Crippen LogP contribution is -2.54. The van der Waals surface area contributed by atoms with Crippen LogP contribution in [0.15, 0.2) is 0 Å². The van der Waals surface area contributed by atoms with Crippen molar-refractivity contribution in [3.8, 4) is 0 Å². The molecule has 5 heteroatoms. The van der Waals surface area contributed by atoms with Crippen LogP contribution >= 0.6 is 0 Å². The Labute approximate surface area is 122 Å². The molecule has 0 aromatic heterocycles. The summed E-state index contributed by atoms with van der Waals surface area (Å²) in [5.74, 6) is -0.0785. The molecule has 3 atom stereocenters. The highest BCUT2D eigenvalue weighted by Gasteiger charge is 2.48. The van der Waals surface area contributed by atoms with Crippen LogP contribution in [0.2, 0.25) is 0 Å². The summed E-state index contributed by atoms with van der Waals surface area (Å²) in [6.07, 6.45) is 2.77. The summed E-state index contributed by atoms with van der Waals surface area (Å²) in [6, 6.07) is 0.894. The lowest BCUT2D eigenvalue weighted by Gasteiger charge is -2.38. The lowest BCUT2D eigenvalue weighted by atomic mass is 9.96. The van der Waals surface area contributed by atoms with E-state index in [0.29, 0.717) is 18.7 Å². The minimum atomic E-state index is -0.479. The smallest absolute Gasteiger partial charge is 0.326 e. The molecule has 2 aliphatic rings. The van der Waals surface area contributed by atoms with Crippen molar-refractivity contribution in [1.82, 2.24) is 10.2 Å². The van der Waals surface area contributed by atoms with Crippen molar-refractivity contribution >= 4 is 5.97 Å². The zero-order valence-electron chi connectivity index (χ0n) is 13.0. The molecule has 0 bridgehead atoms. The second kappa shape index (κ2) is 6.87. The number of hydrogen-bond acceptors (Lipinski definition) is 5. The number of carbonyl (C=O) groups is 1. The molecule has 1 heterocycles. The fourth-order valence-electron chi connectivity index (χ4n) is 3.61. The number of nitrogens with one attached hydrogen (secondary N) is 1. The fraction of sp³-hybridized carbons (Fsp3) is 0.933. The molecular weight excluding hydrogens is 256 g/mol. The van der Waals surface area contributed by atoms with Gasteiger partial charge in [0.15, 0.2) is 0 Å². The third-order valence-electron chi connectivity index (χ3n) is 4.56. The van der Waals surface area contributed by atoms with Gasteiger partial charge in [0, 0.05) is 18.6 Å². The minimum absolute atomic E-state index is 0.0785. The van der Waals surface area contributed by atoms with Gasteiger partial charge in [0.1, 0.15) is 5.54 Å². The Balaban J connectivity index is 2.04.